The zero-order valence-corrected chi connectivity index (χ0v) is 8.45. The second kappa shape index (κ2) is 4.81. The lowest BCUT2D eigenvalue weighted by Crippen LogP contribution is -2.16. The van der Waals surface area contributed by atoms with Gasteiger partial charge >= 0.3 is 5.97 Å². The van der Waals surface area contributed by atoms with Crippen molar-refractivity contribution in [1.82, 2.24) is 0 Å². The summed E-state index contributed by atoms with van der Waals surface area (Å²) in [6.07, 6.45) is 0.154. The van der Waals surface area contributed by atoms with Gasteiger partial charge in [-0.15, -0.1) is 0 Å². The van der Waals surface area contributed by atoms with Crippen molar-refractivity contribution in [2.75, 3.05) is 6.61 Å². The SMILES string of the molecule is CCOC(=O)CC(N)c1ccc(C)o1. The maximum absolute atomic E-state index is 11.1. The van der Waals surface area contributed by atoms with Gasteiger partial charge in [0.25, 0.3) is 0 Å². The molecular weight excluding hydrogens is 182 g/mol. The lowest BCUT2D eigenvalue weighted by Gasteiger charge is -2.07. The molecule has 1 atom stereocenters. The van der Waals surface area contributed by atoms with Crippen molar-refractivity contribution < 1.29 is 13.9 Å². The Morgan fingerprint density at radius 1 is 1.64 bits per heavy atom. The van der Waals surface area contributed by atoms with E-state index >= 15 is 0 Å². The number of carbonyl (C=O) groups excluding carboxylic acids is 1. The summed E-state index contributed by atoms with van der Waals surface area (Å²) < 4.78 is 10.1. The van der Waals surface area contributed by atoms with Crippen molar-refractivity contribution in [3.8, 4) is 0 Å². The molecule has 1 aromatic heterocycles. The Hall–Kier alpha value is -1.29. The molecule has 0 saturated heterocycles. The van der Waals surface area contributed by atoms with Gasteiger partial charge in [-0.05, 0) is 26.0 Å². The van der Waals surface area contributed by atoms with Crippen LogP contribution in [0.3, 0.4) is 0 Å². The number of furan rings is 1. The van der Waals surface area contributed by atoms with E-state index in [1.807, 2.05) is 13.0 Å². The summed E-state index contributed by atoms with van der Waals surface area (Å²) in [4.78, 5) is 11.1. The molecule has 0 spiro atoms. The number of nitrogens with two attached hydrogens (primary N) is 1. The maximum atomic E-state index is 11.1. The summed E-state index contributed by atoms with van der Waals surface area (Å²) >= 11 is 0. The normalized spacial score (nSPS) is 12.5. The molecule has 0 aromatic carbocycles. The largest absolute Gasteiger partial charge is 0.466 e. The Morgan fingerprint density at radius 2 is 2.36 bits per heavy atom. The molecule has 0 fully saturated rings. The minimum Gasteiger partial charge on any atom is -0.466 e. The number of aryl methyl sites for hydroxylation is 1. The summed E-state index contributed by atoms with van der Waals surface area (Å²) in [5.74, 6) is 1.11. The first kappa shape index (κ1) is 10.8. The van der Waals surface area contributed by atoms with Crippen LogP contribution in [-0.2, 0) is 9.53 Å². The van der Waals surface area contributed by atoms with Gasteiger partial charge in [0.15, 0.2) is 0 Å². The van der Waals surface area contributed by atoms with Crippen LogP contribution >= 0.6 is 0 Å². The Kier molecular flexibility index (Phi) is 3.71. The van der Waals surface area contributed by atoms with Gasteiger partial charge in [-0.2, -0.15) is 0 Å². The minimum absolute atomic E-state index is 0.154. The van der Waals surface area contributed by atoms with E-state index in [0.717, 1.165) is 5.76 Å². The van der Waals surface area contributed by atoms with E-state index in [4.69, 9.17) is 14.9 Å². The van der Waals surface area contributed by atoms with Crippen LogP contribution in [-0.4, -0.2) is 12.6 Å². The summed E-state index contributed by atoms with van der Waals surface area (Å²) in [6.45, 7) is 3.98. The second-order valence-electron chi connectivity index (χ2n) is 3.06. The molecule has 0 aliphatic heterocycles. The molecule has 0 saturated carbocycles. The Balaban J connectivity index is 2.50. The highest BCUT2D eigenvalue weighted by atomic mass is 16.5. The summed E-state index contributed by atoms with van der Waals surface area (Å²) in [6, 6.07) is 3.18. The molecule has 1 unspecified atom stereocenters. The quantitative estimate of drug-likeness (QED) is 0.743. The van der Waals surface area contributed by atoms with Crippen LogP contribution < -0.4 is 5.73 Å². The number of esters is 1. The van der Waals surface area contributed by atoms with E-state index in [1.54, 1.807) is 13.0 Å². The third-order valence-corrected chi connectivity index (χ3v) is 1.82. The summed E-state index contributed by atoms with van der Waals surface area (Å²) in [7, 11) is 0. The molecule has 4 nitrogen and oxygen atoms in total. The molecule has 4 heteroatoms. The van der Waals surface area contributed by atoms with Crippen LogP contribution in [0, 0.1) is 6.92 Å². The molecule has 1 heterocycles. The van der Waals surface area contributed by atoms with E-state index in [0.29, 0.717) is 12.4 Å². The molecule has 78 valence electrons. The fourth-order valence-electron chi connectivity index (χ4n) is 1.15. The third kappa shape index (κ3) is 2.88. The second-order valence-corrected chi connectivity index (χ2v) is 3.06. The van der Waals surface area contributed by atoms with Crippen LogP contribution in [0.15, 0.2) is 16.5 Å². The van der Waals surface area contributed by atoms with Gasteiger partial charge in [-0.1, -0.05) is 0 Å². The van der Waals surface area contributed by atoms with Gasteiger partial charge in [0.05, 0.1) is 19.1 Å². The lowest BCUT2D eigenvalue weighted by molar-refractivity contribution is -0.143. The fourth-order valence-corrected chi connectivity index (χ4v) is 1.15. The first-order valence-corrected chi connectivity index (χ1v) is 4.61. The van der Waals surface area contributed by atoms with E-state index in [-0.39, 0.29) is 12.4 Å². The molecule has 0 aliphatic rings. The Morgan fingerprint density at radius 3 is 2.86 bits per heavy atom. The van der Waals surface area contributed by atoms with E-state index < -0.39 is 6.04 Å². The topological polar surface area (TPSA) is 65.5 Å². The number of hydrogen-bond donors (Lipinski definition) is 1. The molecule has 0 radical (unpaired) electrons. The van der Waals surface area contributed by atoms with Crippen molar-refractivity contribution in [1.29, 1.82) is 0 Å². The first-order valence-electron chi connectivity index (χ1n) is 4.61. The average Bonchev–Trinajstić information content (AvgIpc) is 2.52. The summed E-state index contributed by atoms with van der Waals surface area (Å²) in [5, 5.41) is 0. The van der Waals surface area contributed by atoms with E-state index in [2.05, 4.69) is 0 Å². The molecule has 1 rings (SSSR count). The standard InChI is InChI=1S/C10H15NO3/c1-3-13-10(12)6-8(11)9-5-4-7(2)14-9/h4-5,8H,3,6,11H2,1-2H3. The van der Waals surface area contributed by atoms with Crippen LogP contribution in [0.1, 0.15) is 30.9 Å². The van der Waals surface area contributed by atoms with Crippen molar-refractivity contribution in [2.45, 2.75) is 26.3 Å². The molecule has 14 heavy (non-hydrogen) atoms. The van der Waals surface area contributed by atoms with Gasteiger partial charge in [0.1, 0.15) is 11.5 Å². The smallest absolute Gasteiger partial charge is 0.307 e. The Bertz CT molecular complexity index is 306. The molecule has 2 N–H and O–H groups in total. The zero-order chi connectivity index (χ0) is 10.6. The number of hydrogen-bond acceptors (Lipinski definition) is 4. The number of rotatable bonds is 4. The van der Waals surface area contributed by atoms with Gasteiger partial charge in [0.2, 0.25) is 0 Å². The molecule has 1 aromatic rings. The molecule has 0 amide bonds. The lowest BCUT2D eigenvalue weighted by atomic mass is 10.2. The number of carbonyl (C=O) groups is 1. The highest BCUT2D eigenvalue weighted by Gasteiger charge is 2.15. The monoisotopic (exact) mass is 197 g/mol. The van der Waals surface area contributed by atoms with E-state index in [9.17, 15) is 4.79 Å². The Labute approximate surface area is 83.0 Å². The first-order chi connectivity index (χ1) is 6.63. The van der Waals surface area contributed by atoms with Gasteiger partial charge in [-0.3, -0.25) is 4.79 Å². The van der Waals surface area contributed by atoms with Gasteiger partial charge in [-0.25, -0.2) is 0 Å². The van der Waals surface area contributed by atoms with Crippen LogP contribution in [0.25, 0.3) is 0 Å². The van der Waals surface area contributed by atoms with Crippen LogP contribution in [0.5, 0.6) is 0 Å². The van der Waals surface area contributed by atoms with Crippen molar-refractivity contribution >= 4 is 5.97 Å². The van der Waals surface area contributed by atoms with Gasteiger partial charge < -0.3 is 14.9 Å². The maximum Gasteiger partial charge on any atom is 0.307 e. The summed E-state index contributed by atoms with van der Waals surface area (Å²) in [5.41, 5.74) is 5.74. The molecule has 0 bridgehead atoms. The average molecular weight is 197 g/mol. The molecular formula is C10H15NO3. The van der Waals surface area contributed by atoms with Crippen LogP contribution in [0.4, 0.5) is 0 Å². The van der Waals surface area contributed by atoms with Crippen LogP contribution in [0.2, 0.25) is 0 Å². The third-order valence-electron chi connectivity index (χ3n) is 1.82. The van der Waals surface area contributed by atoms with Crippen molar-refractivity contribution in [3.63, 3.8) is 0 Å². The van der Waals surface area contributed by atoms with Crippen molar-refractivity contribution in [2.24, 2.45) is 5.73 Å². The number of ether oxygens (including phenoxy) is 1. The minimum atomic E-state index is -0.414. The van der Waals surface area contributed by atoms with E-state index in [1.165, 1.54) is 0 Å². The highest BCUT2D eigenvalue weighted by Crippen LogP contribution is 2.17. The zero-order valence-electron chi connectivity index (χ0n) is 8.45. The predicted octanol–water partition coefficient (Wildman–Crippen LogP) is 1.54. The predicted molar refractivity (Wildman–Crippen MR) is 51.6 cm³/mol. The van der Waals surface area contributed by atoms with Gasteiger partial charge in [0, 0.05) is 0 Å². The highest BCUT2D eigenvalue weighted by molar-refractivity contribution is 5.70. The molecule has 0 aliphatic carbocycles. The fraction of sp³-hybridized carbons (Fsp3) is 0.500. The van der Waals surface area contributed by atoms with Crippen molar-refractivity contribution in [3.05, 3.63) is 23.7 Å².